The molecule has 0 unspecified atom stereocenters. The van der Waals surface area contributed by atoms with Crippen molar-refractivity contribution in [2.75, 3.05) is 4.90 Å². The van der Waals surface area contributed by atoms with Crippen LogP contribution >= 0.6 is 11.3 Å². The molecular formula is C22H19FN2O2S. The highest BCUT2D eigenvalue weighted by molar-refractivity contribution is 7.14. The standard InChI is InChI=1S/C22H19FN2O2S/c1-14-8-10-18(15(2)12-14)21(27)11-9-17-13-28-22(24-17)25(16(3)26)20-7-5-4-6-19(20)23/h4-13H,1-3H3/b11-9+. The molecule has 3 rings (SSSR count). The van der Waals surface area contributed by atoms with E-state index in [1.807, 2.05) is 26.0 Å². The van der Waals surface area contributed by atoms with Crippen molar-refractivity contribution in [3.63, 3.8) is 0 Å². The van der Waals surface area contributed by atoms with Crippen molar-refractivity contribution in [3.05, 3.63) is 82.1 Å². The number of ketones is 1. The summed E-state index contributed by atoms with van der Waals surface area (Å²) in [6, 6.07) is 11.7. The molecule has 1 heterocycles. The maximum atomic E-state index is 14.1. The van der Waals surface area contributed by atoms with E-state index in [0.29, 0.717) is 16.4 Å². The first kappa shape index (κ1) is 19.6. The van der Waals surface area contributed by atoms with Crippen molar-refractivity contribution >= 4 is 39.9 Å². The van der Waals surface area contributed by atoms with E-state index in [1.54, 1.807) is 29.7 Å². The van der Waals surface area contributed by atoms with Crippen LogP contribution in [0.4, 0.5) is 15.2 Å². The van der Waals surface area contributed by atoms with Crippen LogP contribution in [0, 0.1) is 19.7 Å². The van der Waals surface area contributed by atoms with Gasteiger partial charge < -0.3 is 0 Å². The Bertz CT molecular complexity index is 1070. The van der Waals surface area contributed by atoms with Crippen LogP contribution in [0.1, 0.15) is 34.1 Å². The van der Waals surface area contributed by atoms with Crippen LogP contribution in [0.2, 0.25) is 0 Å². The summed E-state index contributed by atoms with van der Waals surface area (Å²) in [6.45, 7) is 5.23. The Morgan fingerprint density at radius 2 is 1.89 bits per heavy atom. The topological polar surface area (TPSA) is 50.3 Å². The fourth-order valence-electron chi connectivity index (χ4n) is 2.84. The second-order valence-corrected chi connectivity index (χ2v) is 7.21. The first-order chi connectivity index (χ1) is 13.4. The third kappa shape index (κ3) is 4.23. The van der Waals surface area contributed by atoms with E-state index >= 15 is 0 Å². The number of allylic oxidation sites excluding steroid dienone is 1. The van der Waals surface area contributed by atoms with Gasteiger partial charge in [-0.1, -0.05) is 35.9 Å². The number of halogens is 1. The molecule has 28 heavy (non-hydrogen) atoms. The van der Waals surface area contributed by atoms with Gasteiger partial charge in [0.1, 0.15) is 5.82 Å². The van der Waals surface area contributed by atoms with Crippen molar-refractivity contribution in [3.8, 4) is 0 Å². The van der Waals surface area contributed by atoms with Crippen molar-refractivity contribution in [1.82, 2.24) is 4.98 Å². The SMILES string of the molecule is CC(=O)N(c1nc(/C=C/C(=O)c2ccc(C)cc2C)cs1)c1ccccc1F. The number of carbonyl (C=O) groups is 2. The van der Waals surface area contributed by atoms with E-state index in [2.05, 4.69) is 4.98 Å². The van der Waals surface area contributed by atoms with Gasteiger partial charge in [0.15, 0.2) is 10.9 Å². The zero-order chi connectivity index (χ0) is 20.3. The number of amides is 1. The third-order valence-electron chi connectivity index (χ3n) is 4.16. The largest absolute Gasteiger partial charge is 0.289 e. The maximum Gasteiger partial charge on any atom is 0.230 e. The van der Waals surface area contributed by atoms with Crippen LogP contribution in [0.25, 0.3) is 6.08 Å². The van der Waals surface area contributed by atoms with Crippen LogP contribution < -0.4 is 4.90 Å². The van der Waals surface area contributed by atoms with E-state index in [1.165, 1.54) is 41.4 Å². The highest BCUT2D eigenvalue weighted by atomic mass is 32.1. The molecule has 1 amide bonds. The Kier molecular flexibility index (Phi) is 5.80. The highest BCUT2D eigenvalue weighted by Gasteiger charge is 2.20. The zero-order valence-corrected chi connectivity index (χ0v) is 16.6. The highest BCUT2D eigenvalue weighted by Crippen LogP contribution is 2.31. The van der Waals surface area contributed by atoms with Gasteiger partial charge in [-0.15, -0.1) is 11.3 Å². The monoisotopic (exact) mass is 394 g/mol. The van der Waals surface area contributed by atoms with Crippen LogP contribution in [-0.4, -0.2) is 16.7 Å². The quantitative estimate of drug-likeness (QED) is 0.425. The van der Waals surface area contributed by atoms with Gasteiger partial charge in [-0.3, -0.25) is 14.5 Å². The van der Waals surface area contributed by atoms with E-state index in [4.69, 9.17) is 0 Å². The molecule has 0 saturated carbocycles. The predicted octanol–water partition coefficient (Wildman–Crippen LogP) is 5.48. The van der Waals surface area contributed by atoms with Gasteiger partial charge in [-0.2, -0.15) is 0 Å². The summed E-state index contributed by atoms with van der Waals surface area (Å²) >= 11 is 1.21. The summed E-state index contributed by atoms with van der Waals surface area (Å²) in [5.41, 5.74) is 3.32. The molecule has 0 aliphatic carbocycles. The molecule has 0 atom stereocenters. The summed E-state index contributed by atoms with van der Waals surface area (Å²) < 4.78 is 14.1. The van der Waals surface area contributed by atoms with Crippen molar-refractivity contribution < 1.29 is 14.0 Å². The number of aromatic nitrogens is 1. The fraction of sp³-hybridized carbons (Fsp3) is 0.136. The summed E-state index contributed by atoms with van der Waals surface area (Å²) in [6.07, 6.45) is 3.05. The smallest absolute Gasteiger partial charge is 0.230 e. The summed E-state index contributed by atoms with van der Waals surface area (Å²) in [5.74, 6) is -0.971. The van der Waals surface area contributed by atoms with E-state index in [-0.39, 0.29) is 17.4 Å². The Labute approximate surface area is 167 Å². The number of para-hydroxylation sites is 1. The zero-order valence-electron chi connectivity index (χ0n) is 15.8. The first-order valence-electron chi connectivity index (χ1n) is 8.67. The minimum Gasteiger partial charge on any atom is -0.289 e. The lowest BCUT2D eigenvalue weighted by Gasteiger charge is -2.18. The molecule has 6 heteroatoms. The second-order valence-electron chi connectivity index (χ2n) is 6.38. The Morgan fingerprint density at radius 3 is 2.57 bits per heavy atom. The van der Waals surface area contributed by atoms with Gasteiger partial charge in [-0.25, -0.2) is 9.37 Å². The number of nitrogens with zero attached hydrogens (tertiary/aromatic N) is 2. The van der Waals surface area contributed by atoms with Crippen LogP contribution in [0.15, 0.2) is 53.9 Å². The average molecular weight is 394 g/mol. The molecule has 0 aliphatic rings. The minimum absolute atomic E-state index is 0.121. The molecular weight excluding hydrogens is 375 g/mol. The fourth-order valence-corrected chi connectivity index (χ4v) is 3.68. The predicted molar refractivity (Wildman–Crippen MR) is 111 cm³/mol. The van der Waals surface area contributed by atoms with Gasteiger partial charge in [0, 0.05) is 17.9 Å². The number of thiazole rings is 1. The second kappa shape index (κ2) is 8.27. The Morgan fingerprint density at radius 1 is 1.14 bits per heavy atom. The molecule has 0 aliphatic heterocycles. The van der Waals surface area contributed by atoms with Crippen molar-refractivity contribution in [1.29, 1.82) is 0 Å². The molecule has 4 nitrogen and oxygen atoms in total. The van der Waals surface area contributed by atoms with Crippen molar-refractivity contribution in [2.45, 2.75) is 20.8 Å². The van der Waals surface area contributed by atoms with Gasteiger partial charge in [0.25, 0.3) is 0 Å². The van der Waals surface area contributed by atoms with Gasteiger partial charge in [0.2, 0.25) is 5.91 Å². The summed E-state index contributed by atoms with van der Waals surface area (Å²) in [5, 5.41) is 2.06. The number of rotatable bonds is 5. The Balaban J connectivity index is 1.85. The molecule has 0 N–H and O–H groups in total. The molecule has 3 aromatic rings. The molecule has 0 bridgehead atoms. The number of hydrogen-bond acceptors (Lipinski definition) is 4. The minimum atomic E-state index is -0.505. The van der Waals surface area contributed by atoms with E-state index < -0.39 is 5.82 Å². The van der Waals surface area contributed by atoms with E-state index in [0.717, 1.165) is 11.1 Å². The molecule has 0 fully saturated rings. The van der Waals surface area contributed by atoms with E-state index in [9.17, 15) is 14.0 Å². The molecule has 0 spiro atoms. The summed E-state index contributed by atoms with van der Waals surface area (Å²) in [4.78, 5) is 30.1. The van der Waals surface area contributed by atoms with Crippen LogP contribution in [0.3, 0.4) is 0 Å². The molecule has 0 saturated heterocycles. The lowest BCUT2D eigenvalue weighted by atomic mass is 10.0. The molecule has 0 radical (unpaired) electrons. The summed E-state index contributed by atoms with van der Waals surface area (Å²) in [7, 11) is 0. The lowest BCUT2D eigenvalue weighted by molar-refractivity contribution is -0.115. The number of aryl methyl sites for hydroxylation is 2. The first-order valence-corrected chi connectivity index (χ1v) is 9.55. The van der Waals surface area contributed by atoms with Crippen LogP contribution in [0.5, 0.6) is 0 Å². The average Bonchev–Trinajstić information content (AvgIpc) is 3.10. The lowest BCUT2D eigenvalue weighted by Crippen LogP contribution is -2.23. The number of carbonyl (C=O) groups excluding carboxylic acids is 2. The third-order valence-corrected chi connectivity index (χ3v) is 5.01. The number of benzene rings is 2. The molecule has 142 valence electrons. The van der Waals surface area contributed by atoms with Gasteiger partial charge in [0.05, 0.1) is 11.4 Å². The number of anilines is 2. The van der Waals surface area contributed by atoms with Gasteiger partial charge in [-0.05, 0) is 43.7 Å². The Hall–Kier alpha value is -3.12. The number of hydrogen-bond donors (Lipinski definition) is 0. The molecule has 2 aromatic carbocycles. The maximum absolute atomic E-state index is 14.1. The van der Waals surface area contributed by atoms with Crippen LogP contribution in [-0.2, 0) is 4.79 Å². The molecule has 1 aromatic heterocycles. The van der Waals surface area contributed by atoms with Crippen molar-refractivity contribution in [2.24, 2.45) is 0 Å². The van der Waals surface area contributed by atoms with Gasteiger partial charge >= 0.3 is 0 Å². The normalized spacial score (nSPS) is 11.0.